The summed E-state index contributed by atoms with van der Waals surface area (Å²) in [6.45, 7) is 1.65. The number of aromatic nitrogens is 1. The quantitative estimate of drug-likeness (QED) is 0.642. The first-order chi connectivity index (χ1) is 11.2. The molecule has 3 rings (SSSR count). The summed E-state index contributed by atoms with van der Waals surface area (Å²) in [7, 11) is 0. The molecule has 0 atom stereocenters. The van der Waals surface area contributed by atoms with Crippen molar-refractivity contribution in [1.29, 1.82) is 0 Å². The van der Waals surface area contributed by atoms with Gasteiger partial charge in [-0.05, 0) is 42.3 Å². The van der Waals surface area contributed by atoms with Gasteiger partial charge in [0.25, 0.3) is 0 Å². The van der Waals surface area contributed by atoms with Crippen LogP contribution in [0.15, 0.2) is 54.7 Å². The van der Waals surface area contributed by atoms with E-state index in [0.717, 1.165) is 18.7 Å². The maximum Gasteiger partial charge on any atom is 0.363 e. The van der Waals surface area contributed by atoms with Crippen LogP contribution in [0.2, 0.25) is 11.6 Å². The average molecular weight is 322 g/mol. The second-order valence-electron chi connectivity index (χ2n) is 6.15. The Morgan fingerprint density at radius 2 is 1.91 bits per heavy atom. The summed E-state index contributed by atoms with van der Waals surface area (Å²) in [6.07, 6.45) is 3.17. The normalized spacial score (nSPS) is 10.9. The molecule has 0 saturated carbocycles. The van der Waals surface area contributed by atoms with Gasteiger partial charge in [-0.1, -0.05) is 41.9 Å². The van der Waals surface area contributed by atoms with E-state index in [1.807, 2.05) is 24.3 Å². The molecule has 2 aromatic carbocycles. The van der Waals surface area contributed by atoms with Crippen molar-refractivity contribution in [1.82, 2.24) is 9.28 Å². The minimum atomic E-state index is -0.696. The Hall–Kier alpha value is -1.73. The highest BCUT2D eigenvalue weighted by molar-refractivity contribution is 6.52. The van der Waals surface area contributed by atoms with Gasteiger partial charge >= 0.3 is 14.4 Å². The number of benzene rings is 2. The molecule has 0 aliphatic rings. The van der Waals surface area contributed by atoms with Crippen molar-refractivity contribution in [3.63, 3.8) is 0 Å². The Morgan fingerprint density at radius 3 is 2.70 bits per heavy atom. The van der Waals surface area contributed by atoms with E-state index in [2.05, 4.69) is 51.3 Å². The van der Waals surface area contributed by atoms with E-state index >= 15 is 0 Å². The molecule has 1 heterocycles. The van der Waals surface area contributed by atoms with Gasteiger partial charge in [-0.2, -0.15) is 0 Å². The van der Waals surface area contributed by atoms with Crippen LogP contribution in [0.3, 0.4) is 0 Å². The fourth-order valence-corrected chi connectivity index (χ4v) is 3.41. The van der Waals surface area contributed by atoms with Crippen LogP contribution in [-0.2, 0) is 13.0 Å². The van der Waals surface area contributed by atoms with Crippen molar-refractivity contribution < 1.29 is 4.74 Å². The van der Waals surface area contributed by atoms with E-state index in [4.69, 9.17) is 4.74 Å². The Kier molecular flexibility index (Phi) is 5.40. The topological polar surface area (TPSA) is 37.0 Å². The first kappa shape index (κ1) is 16.1. The molecule has 0 aliphatic heterocycles. The number of H-pyrrole nitrogens is 1. The van der Waals surface area contributed by atoms with Gasteiger partial charge in [-0.25, -0.2) is 0 Å². The summed E-state index contributed by atoms with van der Waals surface area (Å²) < 4.78 is 9.55. The minimum Gasteiger partial charge on any atom is -0.489 e. The lowest BCUT2D eigenvalue weighted by Crippen LogP contribution is -2.29. The molecule has 4 heteroatoms. The predicted molar refractivity (Wildman–Crippen MR) is 98.3 cm³/mol. The van der Waals surface area contributed by atoms with Gasteiger partial charge in [-0.3, -0.25) is 0 Å². The molecule has 23 heavy (non-hydrogen) atoms. The summed E-state index contributed by atoms with van der Waals surface area (Å²) in [6, 6.07) is 16.6. The first-order valence-electron chi connectivity index (χ1n) is 8.22. The van der Waals surface area contributed by atoms with Crippen LogP contribution in [-0.4, -0.2) is 25.9 Å². The van der Waals surface area contributed by atoms with Gasteiger partial charge in [0, 0.05) is 17.1 Å². The van der Waals surface area contributed by atoms with Crippen LogP contribution in [0.5, 0.6) is 5.75 Å². The molecule has 118 valence electrons. The molecule has 1 aromatic heterocycles. The van der Waals surface area contributed by atoms with Crippen molar-refractivity contribution in [2.45, 2.75) is 24.6 Å². The van der Waals surface area contributed by atoms with Crippen molar-refractivity contribution in [3.8, 4) is 5.75 Å². The summed E-state index contributed by atoms with van der Waals surface area (Å²) in [5.74, 6) is 5.54. The van der Waals surface area contributed by atoms with Gasteiger partial charge in [0.1, 0.15) is 12.4 Å². The number of hydrogen-bond donors (Lipinski definition) is 2. The van der Waals surface area contributed by atoms with Crippen LogP contribution in [0.1, 0.15) is 11.1 Å². The number of aromatic amines is 1. The van der Waals surface area contributed by atoms with Gasteiger partial charge < -0.3 is 14.0 Å². The van der Waals surface area contributed by atoms with Crippen molar-refractivity contribution >= 4 is 25.3 Å². The summed E-state index contributed by atoms with van der Waals surface area (Å²) in [4.78, 5) is 3.36. The highest BCUT2D eigenvalue weighted by Crippen LogP contribution is 2.24. The Balaban J connectivity index is 1.70. The van der Waals surface area contributed by atoms with Crippen LogP contribution in [0.25, 0.3) is 10.9 Å². The largest absolute Gasteiger partial charge is 0.489 e. The van der Waals surface area contributed by atoms with E-state index in [1.54, 1.807) is 0 Å². The second-order valence-corrected chi connectivity index (χ2v) is 8.87. The van der Waals surface area contributed by atoms with Crippen LogP contribution in [0.4, 0.5) is 0 Å². The zero-order valence-electron chi connectivity index (χ0n) is 13.8. The SMILES string of the molecule is [CH3][Al]([CH3])[NH]CCc1c[nH]c2ccc(OCc3ccccc3)cc12. The minimum absolute atomic E-state index is 0.604. The molecule has 0 fully saturated rings. The highest BCUT2D eigenvalue weighted by Gasteiger charge is 2.07. The summed E-state index contributed by atoms with van der Waals surface area (Å²) in [5.41, 5.74) is 3.72. The van der Waals surface area contributed by atoms with E-state index in [1.165, 1.54) is 22.0 Å². The van der Waals surface area contributed by atoms with Crippen LogP contribution in [0, 0.1) is 0 Å². The molecule has 0 unspecified atom stereocenters. The molecule has 0 aliphatic carbocycles. The van der Waals surface area contributed by atoms with Gasteiger partial charge in [0.15, 0.2) is 0 Å². The van der Waals surface area contributed by atoms with Crippen molar-refractivity contribution in [3.05, 3.63) is 65.9 Å². The molecule has 3 aromatic rings. The third-order valence-corrected chi connectivity index (χ3v) is 5.04. The highest BCUT2D eigenvalue weighted by atomic mass is 27.2. The summed E-state index contributed by atoms with van der Waals surface area (Å²) in [5, 5.41) is 1.27. The lowest BCUT2D eigenvalue weighted by atomic mass is 10.1. The standard InChI is InChI=1S/C17H17N2O.2CH3.Al/c18-9-8-14-11-19-17-7-6-15(10-16(14)17)20-12-13-4-2-1-3-5-13;;;/h1-7,10-11,18-19H,8-9,12H2;2*1H3;/q-1;;;+1. The zero-order chi connectivity index (χ0) is 16.1. The van der Waals surface area contributed by atoms with Gasteiger partial charge in [-0.15, -0.1) is 0 Å². The average Bonchev–Trinajstić information content (AvgIpc) is 2.96. The van der Waals surface area contributed by atoms with Gasteiger partial charge in [0.2, 0.25) is 0 Å². The van der Waals surface area contributed by atoms with Crippen LogP contribution < -0.4 is 9.04 Å². The third-order valence-electron chi connectivity index (χ3n) is 3.93. The predicted octanol–water partition coefficient (Wildman–Crippen LogP) is 4.13. The Labute approximate surface area is 142 Å². The lowest BCUT2D eigenvalue weighted by Gasteiger charge is -2.07. The fraction of sp³-hybridized carbons (Fsp3) is 0.263. The maximum atomic E-state index is 5.94. The number of fused-ring (bicyclic) bond motifs is 1. The lowest BCUT2D eigenvalue weighted by molar-refractivity contribution is 0.306. The maximum absolute atomic E-state index is 5.94. The summed E-state index contributed by atoms with van der Waals surface area (Å²) >= 11 is -0.696. The number of hydrogen-bond acceptors (Lipinski definition) is 2. The zero-order valence-corrected chi connectivity index (χ0v) is 15.0. The van der Waals surface area contributed by atoms with E-state index in [-0.39, 0.29) is 0 Å². The third kappa shape index (κ3) is 4.39. The van der Waals surface area contributed by atoms with Crippen molar-refractivity contribution in [2.75, 3.05) is 6.54 Å². The Bertz CT molecular complexity index is 752. The molecule has 0 bridgehead atoms. The second kappa shape index (κ2) is 7.70. The number of rotatable bonds is 7. The Morgan fingerprint density at radius 1 is 1.09 bits per heavy atom. The monoisotopic (exact) mass is 322 g/mol. The molecule has 0 saturated heterocycles. The molecule has 0 radical (unpaired) electrons. The smallest absolute Gasteiger partial charge is 0.363 e. The molecular weight excluding hydrogens is 299 g/mol. The van der Waals surface area contributed by atoms with E-state index < -0.39 is 14.4 Å². The van der Waals surface area contributed by atoms with Gasteiger partial charge in [0.05, 0.1) is 0 Å². The molecular formula is C19H23AlN2O. The number of nitrogens with one attached hydrogen (secondary N) is 2. The molecule has 0 amide bonds. The van der Waals surface area contributed by atoms with E-state index in [9.17, 15) is 0 Å². The molecule has 3 nitrogen and oxygen atoms in total. The van der Waals surface area contributed by atoms with Crippen molar-refractivity contribution in [2.24, 2.45) is 0 Å². The molecule has 2 N–H and O–H groups in total. The van der Waals surface area contributed by atoms with Crippen LogP contribution >= 0.6 is 0 Å². The number of ether oxygens (including phenoxy) is 1. The fourth-order valence-electron chi connectivity index (χ4n) is 2.69. The first-order valence-corrected chi connectivity index (χ1v) is 11.1. The van der Waals surface area contributed by atoms with E-state index in [0.29, 0.717) is 6.61 Å². The molecule has 0 spiro atoms.